The van der Waals surface area contributed by atoms with Gasteiger partial charge in [-0.25, -0.2) is 0 Å². The quantitative estimate of drug-likeness (QED) is 0.793. The monoisotopic (exact) mass is 310 g/mol. The third-order valence-electron chi connectivity index (χ3n) is 3.54. The Labute approximate surface area is 126 Å². The summed E-state index contributed by atoms with van der Waals surface area (Å²) in [5.74, 6) is -1.38. The van der Waals surface area contributed by atoms with E-state index in [0.29, 0.717) is 35.6 Å². The molecule has 114 valence electrons. The molecule has 1 heterocycles. The fraction of sp³-hybridized carbons (Fsp3) is 0.500. The molecule has 1 saturated carbocycles. The molecule has 2 amide bonds. The molecular formula is C14H18N2O4S. The van der Waals surface area contributed by atoms with Gasteiger partial charge < -0.3 is 15.7 Å². The van der Waals surface area contributed by atoms with E-state index in [2.05, 4.69) is 10.6 Å². The molecule has 2 rings (SSSR count). The molecule has 21 heavy (non-hydrogen) atoms. The Hall–Kier alpha value is -1.89. The summed E-state index contributed by atoms with van der Waals surface area (Å²) in [6, 6.07) is 3.40. The number of hydrogen-bond donors (Lipinski definition) is 3. The van der Waals surface area contributed by atoms with Crippen LogP contribution in [-0.2, 0) is 9.59 Å². The molecule has 1 aromatic heterocycles. The third-order valence-corrected chi connectivity index (χ3v) is 4.54. The van der Waals surface area contributed by atoms with Crippen LogP contribution in [0.25, 0.3) is 0 Å². The minimum Gasteiger partial charge on any atom is -0.481 e. The smallest absolute Gasteiger partial charge is 0.306 e. The van der Waals surface area contributed by atoms with Crippen molar-refractivity contribution >= 4 is 34.1 Å². The van der Waals surface area contributed by atoms with Gasteiger partial charge in [-0.15, -0.1) is 11.3 Å². The van der Waals surface area contributed by atoms with E-state index in [0.717, 1.165) is 0 Å². The van der Waals surface area contributed by atoms with Crippen LogP contribution in [0.1, 0.15) is 42.3 Å². The number of rotatable bonds is 4. The highest BCUT2D eigenvalue weighted by Gasteiger charge is 2.27. The lowest BCUT2D eigenvalue weighted by Crippen LogP contribution is -2.38. The molecule has 6 nitrogen and oxygen atoms in total. The number of nitrogens with one attached hydrogen (secondary N) is 2. The van der Waals surface area contributed by atoms with Gasteiger partial charge in [0.1, 0.15) is 0 Å². The van der Waals surface area contributed by atoms with Crippen molar-refractivity contribution in [2.24, 2.45) is 5.92 Å². The summed E-state index contributed by atoms with van der Waals surface area (Å²) < 4.78 is 0. The van der Waals surface area contributed by atoms with Crippen LogP contribution in [0, 0.1) is 5.92 Å². The normalized spacial score (nSPS) is 21.6. The van der Waals surface area contributed by atoms with Crippen LogP contribution in [0.15, 0.2) is 12.1 Å². The zero-order valence-electron chi connectivity index (χ0n) is 11.7. The van der Waals surface area contributed by atoms with Crippen molar-refractivity contribution in [3.63, 3.8) is 0 Å². The maximum absolute atomic E-state index is 12.1. The zero-order chi connectivity index (χ0) is 15.4. The first-order valence-corrected chi connectivity index (χ1v) is 7.68. The van der Waals surface area contributed by atoms with Crippen LogP contribution in [-0.4, -0.2) is 28.9 Å². The second-order valence-corrected chi connectivity index (χ2v) is 6.29. The number of anilines is 1. The molecule has 1 aromatic rings. The van der Waals surface area contributed by atoms with Crippen LogP contribution in [0.4, 0.5) is 5.00 Å². The maximum Gasteiger partial charge on any atom is 0.306 e. The predicted octanol–water partition coefficient (Wildman–Crippen LogP) is 2.08. The predicted molar refractivity (Wildman–Crippen MR) is 79.5 cm³/mol. The summed E-state index contributed by atoms with van der Waals surface area (Å²) in [4.78, 5) is 34.5. The minimum absolute atomic E-state index is 0.0272. The molecule has 1 aliphatic carbocycles. The molecule has 0 aromatic carbocycles. The van der Waals surface area contributed by atoms with Gasteiger partial charge >= 0.3 is 5.97 Å². The van der Waals surface area contributed by atoms with E-state index < -0.39 is 5.97 Å². The SMILES string of the molecule is CC(=O)Nc1ccc(C(=O)NC2CCC(C(=O)O)CC2)s1. The Kier molecular flexibility index (Phi) is 4.95. The van der Waals surface area contributed by atoms with Crippen LogP contribution in [0.3, 0.4) is 0 Å². The summed E-state index contributed by atoms with van der Waals surface area (Å²) in [6.07, 6.45) is 2.57. The molecule has 1 fully saturated rings. The van der Waals surface area contributed by atoms with Crippen LogP contribution in [0.5, 0.6) is 0 Å². The van der Waals surface area contributed by atoms with Gasteiger partial charge in [0.2, 0.25) is 5.91 Å². The summed E-state index contributed by atoms with van der Waals surface area (Å²) >= 11 is 1.23. The Balaban J connectivity index is 1.86. The first-order chi connectivity index (χ1) is 9.95. The summed E-state index contributed by atoms with van der Waals surface area (Å²) in [7, 11) is 0. The van der Waals surface area contributed by atoms with E-state index in [1.165, 1.54) is 18.3 Å². The van der Waals surface area contributed by atoms with Crippen molar-refractivity contribution < 1.29 is 19.5 Å². The second kappa shape index (κ2) is 6.71. The number of carbonyl (C=O) groups excluding carboxylic acids is 2. The number of hydrogen-bond acceptors (Lipinski definition) is 4. The van der Waals surface area contributed by atoms with E-state index in [-0.39, 0.29) is 23.8 Å². The average Bonchev–Trinajstić information content (AvgIpc) is 2.87. The van der Waals surface area contributed by atoms with E-state index in [4.69, 9.17) is 5.11 Å². The molecule has 0 unspecified atom stereocenters. The summed E-state index contributed by atoms with van der Waals surface area (Å²) in [6.45, 7) is 1.42. The van der Waals surface area contributed by atoms with E-state index >= 15 is 0 Å². The maximum atomic E-state index is 12.1. The van der Waals surface area contributed by atoms with Crippen molar-refractivity contribution in [2.45, 2.75) is 38.6 Å². The highest BCUT2D eigenvalue weighted by molar-refractivity contribution is 7.18. The van der Waals surface area contributed by atoms with Crippen molar-refractivity contribution in [1.29, 1.82) is 0 Å². The average molecular weight is 310 g/mol. The van der Waals surface area contributed by atoms with Gasteiger partial charge in [0.15, 0.2) is 0 Å². The topological polar surface area (TPSA) is 95.5 Å². The van der Waals surface area contributed by atoms with Crippen molar-refractivity contribution in [1.82, 2.24) is 5.32 Å². The lowest BCUT2D eigenvalue weighted by molar-refractivity contribution is -0.142. The van der Waals surface area contributed by atoms with Crippen LogP contribution in [0.2, 0.25) is 0 Å². The molecule has 0 radical (unpaired) electrons. The Morgan fingerprint density at radius 3 is 2.43 bits per heavy atom. The number of carboxylic acids is 1. The number of carbonyl (C=O) groups is 3. The number of thiophene rings is 1. The largest absolute Gasteiger partial charge is 0.481 e. The van der Waals surface area contributed by atoms with Gasteiger partial charge in [0.25, 0.3) is 5.91 Å². The molecule has 0 aliphatic heterocycles. The van der Waals surface area contributed by atoms with E-state index in [1.54, 1.807) is 12.1 Å². The second-order valence-electron chi connectivity index (χ2n) is 5.21. The standard InChI is InChI=1S/C14H18N2O4S/c1-8(17)15-12-7-6-11(21-12)13(18)16-10-4-2-9(3-5-10)14(19)20/h6-7,9-10H,2-5H2,1H3,(H,15,17)(H,16,18)(H,19,20). The molecule has 3 N–H and O–H groups in total. The molecule has 7 heteroatoms. The summed E-state index contributed by atoms with van der Waals surface area (Å²) in [5.41, 5.74) is 0. The first kappa shape index (κ1) is 15.5. The van der Waals surface area contributed by atoms with Gasteiger partial charge in [-0.2, -0.15) is 0 Å². The number of aliphatic carboxylic acids is 1. The Morgan fingerprint density at radius 2 is 1.86 bits per heavy atom. The van der Waals surface area contributed by atoms with Gasteiger partial charge in [-0.3, -0.25) is 14.4 Å². The highest BCUT2D eigenvalue weighted by Crippen LogP contribution is 2.26. The van der Waals surface area contributed by atoms with E-state index in [9.17, 15) is 14.4 Å². The van der Waals surface area contributed by atoms with Gasteiger partial charge in [-0.1, -0.05) is 0 Å². The van der Waals surface area contributed by atoms with Crippen LogP contribution < -0.4 is 10.6 Å². The molecule has 0 saturated heterocycles. The van der Waals surface area contributed by atoms with Gasteiger partial charge in [0, 0.05) is 13.0 Å². The molecule has 0 atom stereocenters. The lowest BCUT2D eigenvalue weighted by Gasteiger charge is -2.26. The van der Waals surface area contributed by atoms with Gasteiger partial charge in [-0.05, 0) is 37.8 Å². The molecule has 1 aliphatic rings. The fourth-order valence-electron chi connectivity index (χ4n) is 2.44. The fourth-order valence-corrected chi connectivity index (χ4v) is 3.30. The minimum atomic E-state index is -0.752. The van der Waals surface area contributed by atoms with Crippen molar-refractivity contribution in [3.05, 3.63) is 17.0 Å². The number of carboxylic acid groups (broad SMARTS) is 1. The van der Waals surface area contributed by atoms with Gasteiger partial charge in [0.05, 0.1) is 15.8 Å². The van der Waals surface area contributed by atoms with Crippen molar-refractivity contribution in [3.8, 4) is 0 Å². The van der Waals surface area contributed by atoms with Crippen molar-refractivity contribution in [2.75, 3.05) is 5.32 Å². The highest BCUT2D eigenvalue weighted by atomic mass is 32.1. The first-order valence-electron chi connectivity index (χ1n) is 6.87. The van der Waals surface area contributed by atoms with E-state index in [1.807, 2.05) is 0 Å². The zero-order valence-corrected chi connectivity index (χ0v) is 12.5. The Morgan fingerprint density at radius 1 is 1.19 bits per heavy atom. The van der Waals surface area contributed by atoms with Crippen LogP contribution >= 0.6 is 11.3 Å². The third kappa shape index (κ3) is 4.29. The Bertz CT molecular complexity index is 547. The lowest BCUT2D eigenvalue weighted by atomic mass is 9.86. The molecule has 0 bridgehead atoms. The summed E-state index contributed by atoms with van der Waals surface area (Å²) in [5, 5.41) is 15.1. The molecule has 0 spiro atoms. The number of amides is 2. The molecular weight excluding hydrogens is 292 g/mol.